The lowest BCUT2D eigenvalue weighted by atomic mass is 9.95. The lowest BCUT2D eigenvalue weighted by Crippen LogP contribution is -2.38. The molecule has 2 aromatic rings. The van der Waals surface area contributed by atoms with Crippen LogP contribution < -0.4 is 0 Å². The van der Waals surface area contributed by atoms with Gasteiger partial charge < -0.3 is 4.90 Å². The number of amides is 1. The summed E-state index contributed by atoms with van der Waals surface area (Å²) in [6, 6.07) is 0. The first kappa shape index (κ1) is 17.6. The van der Waals surface area contributed by atoms with E-state index in [1.165, 1.54) is 0 Å². The zero-order valence-corrected chi connectivity index (χ0v) is 15.8. The first-order valence-corrected chi connectivity index (χ1v) is 8.88. The minimum atomic E-state index is -0.309. The fraction of sp³-hybridized carbons (Fsp3) is 0.579. The molecular weight excluding hydrogens is 314 g/mol. The van der Waals surface area contributed by atoms with Gasteiger partial charge in [0.2, 0.25) is 5.91 Å². The Morgan fingerprint density at radius 3 is 2.60 bits per heavy atom. The molecule has 1 aliphatic rings. The molecule has 0 aliphatic carbocycles. The van der Waals surface area contributed by atoms with Gasteiger partial charge in [-0.05, 0) is 32.6 Å². The summed E-state index contributed by atoms with van der Waals surface area (Å²) in [7, 11) is 0. The molecule has 1 N–H and O–H groups in total. The van der Waals surface area contributed by atoms with Crippen molar-refractivity contribution in [1.29, 1.82) is 0 Å². The second-order valence-corrected chi connectivity index (χ2v) is 8.06. The van der Waals surface area contributed by atoms with Crippen molar-refractivity contribution in [2.75, 3.05) is 13.1 Å². The van der Waals surface area contributed by atoms with Gasteiger partial charge in [0.1, 0.15) is 0 Å². The van der Waals surface area contributed by atoms with Crippen LogP contribution in [-0.4, -0.2) is 44.1 Å². The van der Waals surface area contributed by atoms with Crippen LogP contribution in [0, 0.1) is 25.2 Å². The predicted octanol–water partition coefficient (Wildman–Crippen LogP) is 2.92. The molecule has 3 rings (SSSR count). The highest BCUT2D eigenvalue weighted by atomic mass is 16.2. The van der Waals surface area contributed by atoms with Crippen LogP contribution in [0.5, 0.6) is 0 Å². The van der Waals surface area contributed by atoms with Crippen molar-refractivity contribution >= 4 is 5.91 Å². The Labute approximate surface area is 149 Å². The smallest absolute Gasteiger partial charge is 0.227 e. The highest BCUT2D eigenvalue weighted by molar-refractivity contribution is 5.81. The molecule has 0 radical (unpaired) electrons. The number of aromatic nitrogens is 4. The minimum absolute atomic E-state index is 0.238. The van der Waals surface area contributed by atoms with Crippen molar-refractivity contribution in [3.63, 3.8) is 0 Å². The van der Waals surface area contributed by atoms with Gasteiger partial charge in [0.05, 0.1) is 23.3 Å². The van der Waals surface area contributed by atoms with E-state index in [2.05, 4.69) is 20.2 Å². The summed E-state index contributed by atoms with van der Waals surface area (Å²) >= 11 is 0. The van der Waals surface area contributed by atoms with E-state index < -0.39 is 0 Å². The van der Waals surface area contributed by atoms with E-state index in [1.807, 2.05) is 51.9 Å². The van der Waals surface area contributed by atoms with Crippen LogP contribution in [-0.2, 0) is 11.2 Å². The average molecular weight is 341 g/mol. The number of hydrogen-bond donors (Lipinski definition) is 1. The number of aromatic amines is 1. The molecule has 6 nitrogen and oxygen atoms in total. The number of carbonyl (C=O) groups excluding carboxylic acids is 1. The van der Waals surface area contributed by atoms with Crippen molar-refractivity contribution < 1.29 is 4.79 Å². The Kier molecular flexibility index (Phi) is 4.62. The van der Waals surface area contributed by atoms with Gasteiger partial charge in [-0.1, -0.05) is 20.8 Å². The molecule has 0 bridgehead atoms. The topological polar surface area (TPSA) is 74.8 Å². The molecule has 0 saturated carbocycles. The number of carbonyl (C=O) groups is 1. The molecule has 25 heavy (non-hydrogen) atoms. The molecule has 0 aromatic carbocycles. The monoisotopic (exact) mass is 341 g/mol. The van der Waals surface area contributed by atoms with Gasteiger partial charge in [0.15, 0.2) is 0 Å². The molecule has 2 aromatic heterocycles. The molecule has 1 fully saturated rings. The first-order chi connectivity index (χ1) is 11.8. The van der Waals surface area contributed by atoms with Crippen LogP contribution in [0.1, 0.15) is 44.3 Å². The van der Waals surface area contributed by atoms with Crippen molar-refractivity contribution in [3.05, 3.63) is 29.5 Å². The summed E-state index contributed by atoms with van der Waals surface area (Å²) in [5.74, 6) is 0.700. The van der Waals surface area contributed by atoms with E-state index >= 15 is 0 Å². The van der Waals surface area contributed by atoms with Gasteiger partial charge in [0.25, 0.3) is 0 Å². The van der Waals surface area contributed by atoms with E-state index in [1.54, 1.807) is 0 Å². The highest BCUT2D eigenvalue weighted by Crippen LogP contribution is 2.26. The van der Waals surface area contributed by atoms with E-state index in [9.17, 15) is 4.79 Å². The third-order valence-corrected chi connectivity index (χ3v) is 4.80. The van der Waals surface area contributed by atoms with E-state index in [4.69, 9.17) is 0 Å². The zero-order chi connectivity index (χ0) is 18.2. The van der Waals surface area contributed by atoms with Gasteiger partial charge in [-0.15, -0.1) is 0 Å². The maximum absolute atomic E-state index is 12.4. The summed E-state index contributed by atoms with van der Waals surface area (Å²) in [5.41, 5.74) is 4.50. The average Bonchev–Trinajstić information content (AvgIpc) is 3.14. The summed E-state index contributed by atoms with van der Waals surface area (Å²) in [5, 5.41) is 7.19. The number of nitrogens with zero attached hydrogens (tertiary/aromatic N) is 4. The number of H-pyrrole nitrogens is 1. The minimum Gasteiger partial charge on any atom is -0.342 e. The Hall–Kier alpha value is -2.24. The largest absolute Gasteiger partial charge is 0.342 e. The maximum Gasteiger partial charge on any atom is 0.227 e. The van der Waals surface area contributed by atoms with Gasteiger partial charge in [-0.3, -0.25) is 19.9 Å². The summed E-state index contributed by atoms with van der Waals surface area (Å²) in [6.45, 7) is 11.6. The van der Waals surface area contributed by atoms with Crippen molar-refractivity contribution in [1.82, 2.24) is 25.1 Å². The fourth-order valence-corrected chi connectivity index (χ4v) is 3.47. The predicted molar refractivity (Wildman–Crippen MR) is 96.9 cm³/mol. The molecule has 134 valence electrons. The fourth-order valence-electron chi connectivity index (χ4n) is 3.47. The van der Waals surface area contributed by atoms with Gasteiger partial charge in [0, 0.05) is 36.0 Å². The van der Waals surface area contributed by atoms with Crippen LogP contribution in [0.2, 0.25) is 0 Å². The third kappa shape index (κ3) is 3.72. The number of likely N-dealkylation sites (tertiary alicyclic amines) is 1. The zero-order valence-electron chi connectivity index (χ0n) is 15.8. The van der Waals surface area contributed by atoms with Crippen LogP contribution in [0.3, 0.4) is 0 Å². The lowest BCUT2D eigenvalue weighted by Gasteiger charge is -2.25. The van der Waals surface area contributed by atoms with Crippen molar-refractivity contribution in [3.8, 4) is 11.3 Å². The van der Waals surface area contributed by atoms with E-state index in [-0.39, 0.29) is 11.3 Å². The quantitative estimate of drug-likeness (QED) is 0.931. The highest BCUT2D eigenvalue weighted by Gasteiger charge is 2.32. The second kappa shape index (κ2) is 6.58. The molecule has 0 unspecified atom stereocenters. The normalized spacial score (nSPS) is 18.0. The maximum atomic E-state index is 12.4. The Morgan fingerprint density at radius 2 is 2.04 bits per heavy atom. The first-order valence-electron chi connectivity index (χ1n) is 8.88. The molecule has 6 heteroatoms. The van der Waals surface area contributed by atoms with Gasteiger partial charge in [-0.25, -0.2) is 0 Å². The number of hydrogen-bond acceptors (Lipinski definition) is 4. The molecule has 3 heterocycles. The standard InChI is InChI=1S/C19H27N5O/c1-12-17(13(2)23-22-12)16-10-20-15(9-21-16)8-14-6-7-24(11-14)18(25)19(3,4)5/h9-10,14H,6-8,11H2,1-5H3,(H,22,23)/t14-/m1/s1. The number of rotatable bonds is 3. The van der Waals surface area contributed by atoms with Gasteiger partial charge in [-0.2, -0.15) is 5.10 Å². The van der Waals surface area contributed by atoms with Crippen LogP contribution in [0.25, 0.3) is 11.3 Å². The number of nitrogens with one attached hydrogen (secondary N) is 1. The summed E-state index contributed by atoms with van der Waals surface area (Å²) in [6.07, 6.45) is 5.58. The van der Waals surface area contributed by atoms with Crippen LogP contribution in [0.15, 0.2) is 12.4 Å². The number of aryl methyl sites for hydroxylation is 2. The third-order valence-electron chi connectivity index (χ3n) is 4.80. The van der Waals surface area contributed by atoms with Crippen LogP contribution in [0.4, 0.5) is 0 Å². The molecule has 1 saturated heterocycles. The Morgan fingerprint density at radius 1 is 1.28 bits per heavy atom. The molecular formula is C19H27N5O. The molecule has 1 aliphatic heterocycles. The molecule has 1 atom stereocenters. The molecule has 0 spiro atoms. The summed E-state index contributed by atoms with van der Waals surface area (Å²) < 4.78 is 0. The van der Waals surface area contributed by atoms with Crippen molar-refractivity contribution in [2.24, 2.45) is 11.3 Å². The Balaban J connectivity index is 1.64. The van der Waals surface area contributed by atoms with Crippen molar-refractivity contribution in [2.45, 2.75) is 47.5 Å². The van der Waals surface area contributed by atoms with E-state index in [0.29, 0.717) is 5.92 Å². The SMILES string of the molecule is Cc1n[nH]c(C)c1-c1cnc(C[C@H]2CCN(C(=O)C(C)(C)C)C2)cn1. The summed E-state index contributed by atoms with van der Waals surface area (Å²) in [4.78, 5) is 23.6. The Bertz CT molecular complexity index is 738. The van der Waals surface area contributed by atoms with Crippen LogP contribution >= 0.6 is 0 Å². The lowest BCUT2D eigenvalue weighted by molar-refractivity contribution is -0.138. The molecule has 1 amide bonds. The second-order valence-electron chi connectivity index (χ2n) is 8.06. The van der Waals surface area contributed by atoms with Gasteiger partial charge >= 0.3 is 0 Å². The van der Waals surface area contributed by atoms with E-state index in [0.717, 1.165) is 54.3 Å².